The minimum Gasteiger partial charge on any atom is -0.357 e. The van der Waals surface area contributed by atoms with Crippen LogP contribution in [0, 0.1) is 0 Å². The molecule has 26 heavy (non-hydrogen) atoms. The molecule has 1 aliphatic rings. The van der Waals surface area contributed by atoms with Gasteiger partial charge in [-0.05, 0) is 29.9 Å². The van der Waals surface area contributed by atoms with Crippen LogP contribution in [0.25, 0.3) is 0 Å². The van der Waals surface area contributed by atoms with Crippen molar-refractivity contribution in [2.45, 2.75) is 29.3 Å². The van der Waals surface area contributed by atoms with E-state index in [0.717, 1.165) is 19.9 Å². The molecule has 0 saturated heterocycles. The molecule has 4 rings (SSSR count). The van der Waals surface area contributed by atoms with Crippen LogP contribution in [0.1, 0.15) is 29.3 Å². The van der Waals surface area contributed by atoms with Crippen LogP contribution in [-0.2, 0) is 4.79 Å². The summed E-state index contributed by atoms with van der Waals surface area (Å²) in [6, 6.07) is 14.5. The summed E-state index contributed by atoms with van der Waals surface area (Å²) < 4.78 is 0.815. The van der Waals surface area contributed by atoms with Gasteiger partial charge in [0.2, 0.25) is 11.0 Å². The minimum atomic E-state index is -0.120. The standard InChI is InChI=1S/C18H18N4OS3/c23-15(11-25-18-22-21-17(26-18)19-13-8-9-13)20-16(14-7-4-10-24-14)12-5-2-1-3-6-12/h1-7,10,13,16H,8-9,11H2,(H,19,21)(H,20,23)/t16-/m1/s1. The van der Waals surface area contributed by atoms with Crippen molar-refractivity contribution < 1.29 is 4.79 Å². The van der Waals surface area contributed by atoms with E-state index in [1.165, 1.54) is 35.9 Å². The van der Waals surface area contributed by atoms with Crippen LogP contribution in [-0.4, -0.2) is 27.9 Å². The van der Waals surface area contributed by atoms with Crippen LogP contribution in [0.3, 0.4) is 0 Å². The lowest BCUT2D eigenvalue weighted by molar-refractivity contribution is -0.119. The smallest absolute Gasteiger partial charge is 0.231 e. The summed E-state index contributed by atoms with van der Waals surface area (Å²) in [5.41, 5.74) is 1.08. The summed E-state index contributed by atoms with van der Waals surface area (Å²) in [6.07, 6.45) is 2.40. The number of anilines is 1. The summed E-state index contributed by atoms with van der Waals surface area (Å²) in [5.74, 6) is 0.316. The van der Waals surface area contributed by atoms with Gasteiger partial charge in [0.05, 0.1) is 11.8 Å². The summed E-state index contributed by atoms with van der Waals surface area (Å²) >= 11 is 4.58. The van der Waals surface area contributed by atoms with Gasteiger partial charge in [0.25, 0.3) is 0 Å². The van der Waals surface area contributed by atoms with Crippen LogP contribution in [0.2, 0.25) is 0 Å². The molecular formula is C18H18N4OS3. The molecule has 5 nitrogen and oxygen atoms in total. The predicted molar refractivity (Wildman–Crippen MR) is 108 cm³/mol. The van der Waals surface area contributed by atoms with Crippen molar-refractivity contribution in [2.24, 2.45) is 0 Å². The number of hydrogen-bond acceptors (Lipinski definition) is 7. The van der Waals surface area contributed by atoms with E-state index in [2.05, 4.69) is 26.9 Å². The first-order chi connectivity index (χ1) is 12.8. The largest absolute Gasteiger partial charge is 0.357 e. The van der Waals surface area contributed by atoms with Gasteiger partial charge in [-0.3, -0.25) is 4.79 Å². The van der Waals surface area contributed by atoms with E-state index in [0.29, 0.717) is 11.8 Å². The van der Waals surface area contributed by atoms with Gasteiger partial charge in [-0.15, -0.1) is 21.5 Å². The molecule has 0 spiro atoms. The van der Waals surface area contributed by atoms with Gasteiger partial charge in [0.1, 0.15) is 0 Å². The van der Waals surface area contributed by atoms with E-state index >= 15 is 0 Å². The molecule has 134 valence electrons. The van der Waals surface area contributed by atoms with Gasteiger partial charge in [-0.2, -0.15) is 0 Å². The monoisotopic (exact) mass is 402 g/mol. The maximum atomic E-state index is 12.5. The Morgan fingerprint density at radius 1 is 1.19 bits per heavy atom. The number of rotatable bonds is 8. The molecule has 0 aliphatic heterocycles. The van der Waals surface area contributed by atoms with Gasteiger partial charge >= 0.3 is 0 Å². The second-order valence-electron chi connectivity index (χ2n) is 6.01. The zero-order valence-electron chi connectivity index (χ0n) is 13.9. The average Bonchev–Trinajstić information content (AvgIpc) is 3.12. The molecule has 2 N–H and O–H groups in total. The van der Waals surface area contributed by atoms with Crippen molar-refractivity contribution in [3.63, 3.8) is 0 Å². The number of nitrogens with zero attached hydrogens (tertiary/aromatic N) is 2. The van der Waals surface area contributed by atoms with Crippen LogP contribution >= 0.6 is 34.4 Å². The highest BCUT2D eigenvalue weighted by molar-refractivity contribution is 8.01. The topological polar surface area (TPSA) is 66.9 Å². The Labute approximate surface area is 164 Å². The third kappa shape index (κ3) is 4.63. The Morgan fingerprint density at radius 2 is 2.04 bits per heavy atom. The number of amides is 1. The Morgan fingerprint density at radius 3 is 2.77 bits per heavy atom. The van der Waals surface area contributed by atoms with Crippen molar-refractivity contribution in [2.75, 3.05) is 11.1 Å². The average molecular weight is 403 g/mol. The summed E-state index contributed by atoms with van der Waals surface area (Å²) in [6.45, 7) is 0. The fraction of sp³-hybridized carbons (Fsp3) is 0.278. The van der Waals surface area contributed by atoms with Crippen molar-refractivity contribution in [1.82, 2.24) is 15.5 Å². The first-order valence-corrected chi connectivity index (χ1v) is 11.1. The number of carbonyl (C=O) groups is 1. The number of benzene rings is 1. The normalized spacial score (nSPS) is 14.8. The Kier molecular flexibility index (Phi) is 5.52. The third-order valence-electron chi connectivity index (χ3n) is 3.90. The number of thiophene rings is 1. The molecule has 1 aromatic carbocycles. The highest BCUT2D eigenvalue weighted by Crippen LogP contribution is 2.30. The lowest BCUT2D eigenvalue weighted by Gasteiger charge is -2.17. The number of aromatic nitrogens is 2. The van der Waals surface area contributed by atoms with E-state index in [1.54, 1.807) is 11.3 Å². The highest BCUT2D eigenvalue weighted by atomic mass is 32.2. The number of nitrogens with one attached hydrogen (secondary N) is 2. The molecule has 1 fully saturated rings. The van der Waals surface area contributed by atoms with E-state index < -0.39 is 0 Å². The Bertz CT molecular complexity index is 846. The predicted octanol–water partition coefficient (Wildman–Crippen LogP) is 4.17. The van der Waals surface area contributed by atoms with Crippen molar-refractivity contribution in [1.29, 1.82) is 0 Å². The van der Waals surface area contributed by atoms with E-state index in [1.807, 2.05) is 41.8 Å². The van der Waals surface area contributed by atoms with Gasteiger partial charge in [-0.1, -0.05) is 59.5 Å². The fourth-order valence-electron chi connectivity index (χ4n) is 2.48. The second kappa shape index (κ2) is 8.20. The number of carbonyl (C=O) groups excluding carboxylic acids is 1. The SMILES string of the molecule is O=C(CSc1nnc(NC2CC2)s1)N[C@H](c1ccccc1)c1cccs1. The third-order valence-corrected chi connectivity index (χ3v) is 6.83. The molecule has 2 heterocycles. The summed E-state index contributed by atoms with van der Waals surface area (Å²) in [7, 11) is 0. The summed E-state index contributed by atoms with van der Waals surface area (Å²) in [5, 5.41) is 17.6. The molecule has 2 aromatic heterocycles. The van der Waals surface area contributed by atoms with Gasteiger partial charge in [0, 0.05) is 10.9 Å². The van der Waals surface area contributed by atoms with E-state index in [4.69, 9.17) is 0 Å². The maximum absolute atomic E-state index is 12.5. The van der Waals surface area contributed by atoms with Gasteiger partial charge < -0.3 is 10.6 Å². The first kappa shape index (κ1) is 17.5. The molecule has 0 unspecified atom stereocenters. The van der Waals surface area contributed by atoms with E-state index in [9.17, 15) is 4.79 Å². The second-order valence-corrected chi connectivity index (χ2v) is 9.19. The molecule has 0 radical (unpaired) electrons. The molecule has 1 saturated carbocycles. The molecule has 1 aliphatic carbocycles. The van der Waals surface area contributed by atoms with Crippen LogP contribution < -0.4 is 10.6 Å². The number of thioether (sulfide) groups is 1. The number of hydrogen-bond donors (Lipinski definition) is 2. The first-order valence-electron chi connectivity index (χ1n) is 8.38. The maximum Gasteiger partial charge on any atom is 0.231 e. The Balaban J connectivity index is 1.36. The quantitative estimate of drug-likeness (QED) is 0.554. The zero-order valence-corrected chi connectivity index (χ0v) is 16.4. The molecule has 8 heteroatoms. The van der Waals surface area contributed by atoms with Crippen molar-refractivity contribution in [3.05, 3.63) is 58.3 Å². The van der Waals surface area contributed by atoms with Gasteiger partial charge in [0.15, 0.2) is 4.34 Å². The van der Waals surface area contributed by atoms with Crippen molar-refractivity contribution in [3.8, 4) is 0 Å². The molecule has 1 amide bonds. The van der Waals surface area contributed by atoms with Gasteiger partial charge in [-0.25, -0.2) is 0 Å². The molecule has 0 bridgehead atoms. The Hall–Kier alpha value is -1.90. The summed E-state index contributed by atoms with van der Waals surface area (Å²) in [4.78, 5) is 13.6. The van der Waals surface area contributed by atoms with Crippen LogP contribution in [0.4, 0.5) is 5.13 Å². The molecule has 3 aromatic rings. The lowest BCUT2D eigenvalue weighted by atomic mass is 10.1. The minimum absolute atomic E-state index is 0.0100. The van der Waals surface area contributed by atoms with Crippen LogP contribution in [0.15, 0.2) is 52.2 Å². The lowest BCUT2D eigenvalue weighted by Crippen LogP contribution is -2.30. The van der Waals surface area contributed by atoms with Crippen molar-refractivity contribution >= 4 is 45.5 Å². The highest BCUT2D eigenvalue weighted by Gasteiger charge is 2.23. The van der Waals surface area contributed by atoms with Crippen LogP contribution in [0.5, 0.6) is 0 Å². The van der Waals surface area contributed by atoms with E-state index in [-0.39, 0.29) is 11.9 Å². The zero-order chi connectivity index (χ0) is 17.8. The fourth-order valence-corrected chi connectivity index (χ4v) is 4.92. The molecule has 1 atom stereocenters. The molecular weight excluding hydrogens is 384 g/mol.